The quantitative estimate of drug-likeness (QED) is 0.406. The summed E-state index contributed by atoms with van der Waals surface area (Å²) < 4.78 is 38.8. The van der Waals surface area contributed by atoms with Crippen molar-refractivity contribution in [3.05, 3.63) is 45.8 Å². The van der Waals surface area contributed by atoms with E-state index in [1.807, 2.05) is 32.6 Å². The molecule has 236 valence electrons. The molecule has 3 heterocycles. The van der Waals surface area contributed by atoms with E-state index < -0.39 is 22.0 Å². The number of anilines is 1. The average Bonchev–Trinajstić information content (AvgIpc) is 3.33. The number of nitrogens with one attached hydrogen (secondary N) is 1. The number of benzene rings is 1. The smallest absolute Gasteiger partial charge is 0.410 e. The van der Waals surface area contributed by atoms with E-state index in [4.69, 9.17) is 9.47 Å². The molecule has 1 N–H and O–H groups in total. The second-order valence-electron chi connectivity index (χ2n) is 10.9. The number of carbonyl (C=O) groups is 3. The summed E-state index contributed by atoms with van der Waals surface area (Å²) in [6, 6.07) is 5.82. The maximum absolute atomic E-state index is 13.9. The lowest BCUT2D eigenvalue weighted by molar-refractivity contribution is -0.0440. The van der Waals surface area contributed by atoms with Crippen LogP contribution < -0.4 is 5.32 Å². The Morgan fingerprint density at radius 2 is 1.67 bits per heavy atom. The molecule has 43 heavy (non-hydrogen) atoms. The van der Waals surface area contributed by atoms with E-state index in [1.165, 1.54) is 39.9 Å². The molecule has 1 fully saturated rings. The number of fused-ring (bicyclic) bond motifs is 1. The van der Waals surface area contributed by atoms with Gasteiger partial charge in [-0.05, 0) is 69.9 Å². The van der Waals surface area contributed by atoms with Crippen LogP contribution in [0.4, 0.5) is 9.80 Å². The largest absolute Gasteiger partial charge is 0.450 e. The van der Waals surface area contributed by atoms with E-state index >= 15 is 0 Å². The third-order valence-corrected chi connectivity index (χ3v) is 10.4. The lowest BCUT2D eigenvalue weighted by Crippen LogP contribution is -2.48. The molecule has 11 nitrogen and oxygen atoms in total. The van der Waals surface area contributed by atoms with Crippen molar-refractivity contribution in [2.45, 2.75) is 77.5 Å². The van der Waals surface area contributed by atoms with Crippen LogP contribution in [0.15, 0.2) is 29.2 Å². The highest BCUT2D eigenvalue weighted by atomic mass is 32.2. The first-order valence-corrected chi connectivity index (χ1v) is 17.2. The molecule has 0 aliphatic carbocycles. The molecule has 1 aromatic carbocycles. The fourth-order valence-electron chi connectivity index (χ4n) is 5.53. The standard InChI is InChI=1S/C30H42N4O7S2/c1-6-14-32(15-7-2)29(36)26-24-13-16-33(30(37)40-8-3)19-25(24)42-28(26)31-27(35)22-9-11-23(12-10-22)43(38,39)34-17-20(4)41-21(5)18-34/h9-12,20-21H,6-8,13-19H2,1-5H3,(H,31,35). The van der Waals surface area contributed by atoms with Crippen LogP contribution in [0.2, 0.25) is 0 Å². The van der Waals surface area contributed by atoms with E-state index in [-0.39, 0.29) is 48.3 Å². The number of rotatable bonds is 10. The molecular weight excluding hydrogens is 592 g/mol. The van der Waals surface area contributed by atoms with Crippen LogP contribution in [-0.2, 0) is 32.5 Å². The summed E-state index contributed by atoms with van der Waals surface area (Å²) in [6.45, 7) is 12.1. The maximum Gasteiger partial charge on any atom is 0.410 e. The first kappa shape index (κ1) is 32.9. The zero-order valence-electron chi connectivity index (χ0n) is 25.6. The second-order valence-corrected chi connectivity index (χ2v) is 14.0. The van der Waals surface area contributed by atoms with Crippen molar-refractivity contribution in [1.29, 1.82) is 0 Å². The van der Waals surface area contributed by atoms with E-state index in [9.17, 15) is 22.8 Å². The van der Waals surface area contributed by atoms with Crippen molar-refractivity contribution < 1.29 is 32.3 Å². The summed E-state index contributed by atoms with van der Waals surface area (Å²) in [5.74, 6) is -0.596. The number of hydrogen-bond acceptors (Lipinski definition) is 8. The van der Waals surface area contributed by atoms with Gasteiger partial charge in [0.15, 0.2) is 0 Å². The van der Waals surface area contributed by atoms with Gasteiger partial charge in [-0.15, -0.1) is 11.3 Å². The predicted molar refractivity (Wildman–Crippen MR) is 165 cm³/mol. The predicted octanol–water partition coefficient (Wildman–Crippen LogP) is 4.58. The van der Waals surface area contributed by atoms with E-state index in [1.54, 1.807) is 11.8 Å². The van der Waals surface area contributed by atoms with E-state index in [2.05, 4.69) is 5.32 Å². The van der Waals surface area contributed by atoms with Crippen molar-refractivity contribution in [1.82, 2.24) is 14.1 Å². The van der Waals surface area contributed by atoms with Gasteiger partial charge in [-0.2, -0.15) is 4.31 Å². The number of carbonyl (C=O) groups excluding carboxylic acids is 3. The Morgan fingerprint density at radius 3 is 2.26 bits per heavy atom. The van der Waals surface area contributed by atoms with Gasteiger partial charge in [0.25, 0.3) is 11.8 Å². The van der Waals surface area contributed by atoms with Crippen LogP contribution in [0.25, 0.3) is 0 Å². The Bertz CT molecular complexity index is 1410. The van der Waals surface area contributed by atoms with Crippen LogP contribution in [0.1, 0.15) is 78.6 Å². The Balaban J connectivity index is 1.60. The minimum Gasteiger partial charge on any atom is -0.450 e. The fraction of sp³-hybridized carbons (Fsp3) is 0.567. The molecule has 2 atom stereocenters. The van der Waals surface area contributed by atoms with Crippen LogP contribution in [0.5, 0.6) is 0 Å². The molecule has 3 amide bonds. The normalized spacial score (nSPS) is 19.0. The minimum atomic E-state index is -3.76. The van der Waals surface area contributed by atoms with Gasteiger partial charge in [-0.25, -0.2) is 13.2 Å². The molecule has 0 saturated carbocycles. The average molecular weight is 635 g/mol. The summed E-state index contributed by atoms with van der Waals surface area (Å²) in [7, 11) is -3.76. The van der Waals surface area contributed by atoms with Crippen molar-refractivity contribution in [3.8, 4) is 0 Å². The third kappa shape index (κ3) is 7.39. The van der Waals surface area contributed by atoms with E-state index in [0.29, 0.717) is 43.2 Å². The summed E-state index contributed by atoms with van der Waals surface area (Å²) in [5, 5.41) is 3.35. The zero-order valence-corrected chi connectivity index (χ0v) is 27.2. The van der Waals surface area contributed by atoms with Gasteiger partial charge >= 0.3 is 6.09 Å². The molecule has 0 bridgehead atoms. The van der Waals surface area contributed by atoms with Gasteiger partial charge in [0.05, 0.1) is 35.8 Å². The summed E-state index contributed by atoms with van der Waals surface area (Å²) >= 11 is 1.29. The number of morpholine rings is 1. The number of ether oxygens (including phenoxy) is 2. The number of sulfonamides is 1. The van der Waals surface area contributed by atoms with Crippen molar-refractivity contribution >= 4 is 44.3 Å². The fourth-order valence-corrected chi connectivity index (χ4v) is 8.37. The van der Waals surface area contributed by atoms with Crippen molar-refractivity contribution in [2.75, 3.05) is 44.6 Å². The molecule has 1 aromatic heterocycles. The van der Waals surface area contributed by atoms with Gasteiger partial charge in [-0.3, -0.25) is 9.59 Å². The zero-order chi connectivity index (χ0) is 31.3. The van der Waals surface area contributed by atoms with Crippen LogP contribution in [0.3, 0.4) is 0 Å². The molecule has 0 radical (unpaired) electrons. The highest BCUT2D eigenvalue weighted by Gasteiger charge is 2.34. The van der Waals surface area contributed by atoms with Crippen LogP contribution in [0, 0.1) is 0 Å². The molecule has 1 saturated heterocycles. The molecule has 2 aliphatic rings. The monoisotopic (exact) mass is 634 g/mol. The SMILES string of the molecule is CCCN(CCC)C(=O)c1c(NC(=O)c2ccc(S(=O)(=O)N3CC(C)OC(C)C3)cc2)sc2c1CCN(C(=O)OCC)C2. The van der Waals surface area contributed by atoms with Gasteiger partial charge in [0.2, 0.25) is 10.0 Å². The number of nitrogens with zero attached hydrogens (tertiary/aromatic N) is 3. The summed E-state index contributed by atoms with van der Waals surface area (Å²) in [5.41, 5.74) is 1.58. The van der Waals surface area contributed by atoms with Crippen LogP contribution >= 0.6 is 11.3 Å². The summed E-state index contributed by atoms with van der Waals surface area (Å²) in [6.07, 6.45) is 1.23. The minimum absolute atomic E-state index is 0.0987. The van der Waals surface area contributed by atoms with Crippen molar-refractivity contribution in [3.63, 3.8) is 0 Å². The number of amides is 3. The lowest BCUT2D eigenvalue weighted by Gasteiger charge is -2.34. The van der Waals surface area contributed by atoms with Gasteiger partial charge < -0.3 is 24.6 Å². The van der Waals surface area contributed by atoms with Gasteiger partial charge in [0.1, 0.15) is 5.00 Å². The molecule has 2 aliphatic heterocycles. The molecular formula is C30H42N4O7S2. The highest BCUT2D eigenvalue weighted by molar-refractivity contribution is 7.89. The first-order valence-electron chi connectivity index (χ1n) is 14.9. The van der Waals surface area contributed by atoms with Gasteiger partial charge in [-0.1, -0.05) is 13.8 Å². The van der Waals surface area contributed by atoms with Crippen molar-refractivity contribution in [2.24, 2.45) is 0 Å². The third-order valence-electron chi connectivity index (χ3n) is 7.44. The number of thiophene rings is 1. The number of hydrogen-bond donors (Lipinski definition) is 1. The Kier molecular flexibility index (Phi) is 10.9. The second kappa shape index (κ2) is 14.2. The Labute approximate surface area is 258 Å². The molecule has 2 unspecified atom stereocenters. The Hall–Kier alpha value is -3.00. The Morgan fingerprint density at radius 1 is 1.05 bits per heavy atom. The molecule has 4 rings (SSSR count). The van der Waals surface area contributed by atoms with Crippen LogP contribution in [-0.4, -0.2) is 92.0 Å². The molecule has 2 aromatic rings. The first-order chi connectivity index (χ1) is 20.5. The van der Waals surface area contributed by atoms with E-state index in [0.717, 1.165) is 23.3 Å². The molecule has 0 spiro atoms. The van der Waals surface area contributed by atoms with Gasteiger partial charge in [0, 0.05) is 43.2 Å². The maximum atomic E-state index is 13.9. The summed E-state index contributed by atoms with van der Waals surface area (Å²) in [4.78, 5) is 44.1. The highest BCUT2D eigenvalue weighted by Crippen LogP contribution is 2.38. The lowest BCUT2D eigenvalue weighted by atomic mass is 10.0. The topological polar surface area (TPSA) is 126 Å². The molecule has 13 heteroatoms.